The number of anilines is 6. The minimum Gasteiger partial charge on any atom is -0.469 e. The number of carbonyl (C=O) groups excluding carboxylic acids is 12. The molecular formula is C65H85N25O14. The van der Waals surface area contributed by atoms with E-state index >= 15 is 0 Å². The Kier molecular flexibility index (Phi) is 25.4. The molecule has 39 heteroatoms. The van der Waals surface area contributed by atoms with Crippen LogP contribution in [0, 0.1) is 0 Å². The number of carbonyl (C=O) groups is 12. The Bertz CT molecular complexity index is 4530. The number of aryl methyl sites for hydroxylation is 7. The fourth-order valence-corrected chi connectivity index (χ4v) is 10.3. The zero-order valence-corrected chi connectivity index (χ0v) is 59.6. The second-order valence-electron chi connectivity index (χ2n) is 25.5. The maximum absolute atomic E-state index is 13.4. The van der Waals surface area contributed by atoms with Gasteiger partial charge >= 0.3 is 5.97 Å². The molecule has 0 aliphatic heterocycles. The van der Waals surface area contributed by atoms with E-state index in [1.165, 1.54) is 89.9 Å². The molecule has 39 nitrogen and oxygen atoms in total. The summed E-state index contributed by atoms with van der Waals surface area (Å²) in [5, 5.41) is 37.7. The summed E-state index contributed by atoms with van der Waals surface area (Å²) in [4.78, 5) is 171. The van der Waals surface area contributed by atoms with Crippen LogP contribution >= 0.6 is 0 Å². The zero-order valence-electron chi connectivity index (χ0n) is 59.6. The summed E-state index contributed by atoms with van der Waals surface area (Å²) in [6.07, 6.45) is 14.2. The standard InChI is InChI=1S/C65H85N25O14/c1-64(2,90-33-41(81-82-90)29-52(95)103-12)18-25-104-65(3,4)37-71-48(91)15-20-69-61(100)55-79-47(36-88(55)10)80-59(98)44-26-38(30-86(44)8)72-50(93)16-22-70-60(99)54-77-45(34-87(54)9)75-49(92)14-13-19-67-57(96)42-28-40(32-84(42)6)74-63(102)56-78-46(35-89(56)11)76-51(94)17-21-68-58(97)43-27-39(31-85(43)7)73-62(101)53-66-23-24-83(53)5/h23-24,26-28,30-36H,13-22,25,29,37H2,1-12H3,(H,67,96)(H,68,97)(H,69,100)(H,70,99)(H,71,91)(H,72,93)(H,73,101)(H,74,102)(H,75,92)(H,76,94)(H,80,98). The predicted molar refractivity (Wildman–Crippen MR) is 374 cm³/mol. The van der Waals surface area contributed by atoms with Crippen molar-refractivity contribution in [3.63, 3.8) is 0 Å². The van der Waals surface area contributed by atoms with Crippen LogP contribution in [0.15, 0.2) is 74.0 Å². The van der Waals surface area contributed by atoms with Gasteiger partial charge in [0.25, 0.3) is 41.4 Å². The summed E-state index contributed by atoms with van der Waals surface area (Å²) in [6.45, 7) is 8.09. The van der Waals surface area contributed by atoms with Crippen LogP contribution in [0.5, 0.6) is 0 Å². The predicted octanol–water partition coefficient (Wildman–Crippen LogP) is 1.22. The van der Waals surface area contributed by atoms with Gasteiger partial charge in [-0.2, -0.15) is 0 Å². The van der Waals surface area contributed by atoms with Crippen LogP contribution in [0.25, 0.3) is 0 Å². The normalized spacial score (nSPS) is 11.3. The van der Waals surface area contributed by atoms with Crippen molar-refractivity contribution in [2.45, 2.75) is 83.8 Å². The van der Waals surface area contributed by atoms with Crippen molar-refractivity contribution in [3.8, 4) is 0 Å². The quantitative estimate of drug-likeness (QED) is 0.0196. The Morgan fingerprint density at radius 2 is 0.885 bits per heavy atom. The minimum absolute atomic E-state index is 0.00652. The lowest BCUT2D eigenvalue weighted by Crippen LogP contribution is -2.42. The summed E-state index contributed by atoms with van der Waals surface area (Å²) >= 11 is 0. The number of hydrogen-bond donors (Lipinski definition) is 11. The molecule has 0 unspecified atom stereocenters. The first kappa shape index (κ1) is 77.2. The lowest BCUT2D eigenvalue weighted by atomic mass is 10.0. The topological polar surface area (TPSA) is 472 Å². The Labute approximate surface area is 595 Å². The van der Waals surface area contributed by atoms with Crippen LogP contribution in [-0.2, 0) is 94.7 Å². The van der Waals surface area contributed by atoms with E-state index in [0.29, 0.717) is 24.4 Å². The van der Waals surface area contributed by atoms with Crippen molar-refractivity contribution >= 4 is 105 Å². The second kappa shape index (κ2) is 34.2. The highest BCUT2D eigenvalue weighted by Crippen LogP contribution is 2.23. The fraction of sp³-hybridized carbons (Fsp3) is 0.415. The number of methoxy groups -OCH3 is 1. The Morgan fingerprint density at radius 3 is 1.39 bits per heavy atom. The summed E-state index contributed by atoms with van der Waals surface area (Å²) in [6, 6.07) is 4.38. The monoisotopic (exact) mass is 1440 g/mol. The van der Waals surface area contributed by atoms with E-state index < -0.39 is 76.2 Å². The Morgan fingerprint density at radius 1 is 0.442 bits per heavy atom. The maximum atomic E-state index is 13.4. The molecule has 0 fully saturated rings. The molecule has 554 valence electrons. The van der Waals surface area contributed by atoms with E-state index in [-0.39, 0.29) is 146 Å². The van der Waals surface area contributed by atoms with E-state index in [1.54, 1.807) is 77.2 Å². The largest absolute Gasteiger partial charge is 0.469 e. The van der Waals surface area contributed by atoms with E-state index in [1.807, 2.05) is 27.7 Å². The molecule has 0 bridgehead atoms. The average molecular weight is 1440 g/mol. The number of imidazole rings is 4. The second-order valence-corrected chi connectivity index (χ2v) is 25.5. The van der Waals surface area contributed by atoms with Gasteiger partial charge in [-0.15, -0.1) is 5.10 Å². The van der Waals surface area contributed by atoms with Crippen LogP contribution in [0.4, 0.5) is 34.5 Å². The molecule has 11 amide bonds. The van der Waals surface area contributed by atoms with Crippen molar-refractivity contribution in [1.82, 2.24) is 93.5 Å². The number of ether oxygens (including phenoxy) is 2. The molecule has 0 atom stereocenters. The molecule has 0 aliphatic carbocycles. The van der Waals surface area contributed by atoms with Crippen LogP contribution in [0.3, 0.4) is 0 Å². The molecule has 11 N–H and O–H groups in total. The summed E-state index contributed by atoms with van der Waals surface area (Å²) in [5.74, 6) is -5.75. The number of rotatable bonds is 35. The van der Waals surface area contributed by atoms with Crippen LogP contribution in [0.1, 0.15) is 146 Å². The first-order valence-corrected chi connectivity index (χ1v) is 32.7. The third-order valence-corrected chi connectivity index (χ3v) is 16.0. The lowest BCUT2D eigenvalue weighted by molar-refractivity contribution is -0.140. The van der Waals surface area contributed by atoms with E-state index in [2.05, 4.69) is 88.7 Å². The number of hydrogen-bond acceptors (Lipinski definition) is 20. The number of aromatic nitrogens is 14. The van der Waals surface area contributed by atoms with Gasteiger partial charge in [-0.1, -0.05) is 5.21 Å². The molecule has 0 aliphatic rings. The van der Waals surface area contributed by atoms with Gasteiger partial charge in [-0.05, 0) is 58.7 Å². The first-order valence-electron chi connectivity index (χ1n) is 32.7. The SMILES string of the molecule is COC(=O)Cc1cn(C(C)(C)CCOC(C)(C)CNC(=O)CCNC(=O)c2nc(NC(=O)c3cc(NC(=O)CCNC(=O)c4nc(NC(=O)CCCNC(=O)c5cc(NC(=O)c6nc(NC(=O)CCNC(=O)c7cc(NC(=O)c8nccn8C)cn7C)cn6C)cn5C)cn4C)cn3C)cn2C)nn1. The summed E-state index contributed by atoms with van der Waals surface area (Å²) in [5.41, 5.74) is 0.782. The minimum atomic E-state index is -0.726. The van der Waals surface area contributed by atoms with E-state index in [4.69, 9.17) is 9.47 Å². The van der Waals surface area contributed by atoms with E-state index in [0.717, 1.165) is 0 Å². The van der Waals surface area contributed by atoms with Crippen molar-refractivity contribution in [3.05, 3.63) is 120 Å². The number of nitrogens with zero attached hydrogens (tertiary/aromatic N) is 14. The molecule has 0 radical (unpaired) electrons. The number of esters is 1. The molecular weight excluding hydrogens is 1350 g/mol. The van der Waals surface area contributed by atoms with Gasteiger partial charge in [0.2, 0.25) is 41.1 Å². The fourth-order valence-electron chi connectivity index (χ4n) is 10.3. The molecule has 8 aromatic heterocycles. The highest BCUT2D eigenvalue weighted by Gasteiger charge is 2.28. The molecule has 104 heavy (non-hydrogen) atoms. The number of amides is 11. The average Bonchev–Trinajstić information content (AvgIpc) is 1.69. The molecule has 8 rings (SSSR count). The third-order valence-electron chi connectivity index (χ3n) is 16.0. The molecule has 0 aromatic carbocycles. The molecule has 8 heterocycles. The summed E-state index contributed by atoms with van der Waals surface area (Å²) < 4.78 is 22.7. The van der Waals surface area contributed by atoms with Crippen molar-refractivity contribution in [2.24, 2.45) is 49.3 Å². The smallest absolute Gasteiger partial charge is 0.311 e. The molecule has 8 aromatic rings. The zero-order chi connectivity index (χ0) is 75.7. The maximum Gasteiger partial charge on any atom is 0.311 e. The highest BCUT2D eigenvalue weighted by atomic mass is 16.5. The van der Waals surface area contributed by atoms with Gasteiger partial charge in [0, 0.05) is 170 Å². The Hall–Kier alpha value is -12.6. The van der Waals surface area contributed by atoms with Crippen LogP contribution in [0.2, 0.25) is 0 Å². The van der Waals surface area contributed by atoms with Gasteiger partial charge < -0.3 is 99.9 Å². The number of nitrogens with one attached hydrogen (secondary N) is 11. The van der Waals surface area contributed by atoms with Gasteiger partial charge in [0.15, 0.2) is 23.3 Å². The van der Waals surface area contributed by atoms with Crippen molar-refractivity contribution < 1.29 is 67.0 Å². The molecule has 0 saturated heterocycles. The van der Waals surface area contributed by atoms with Crippen LogP contribution < -0.4 is 58.5 Å². The molecule has 0 saturated carbocycles. The summed E-state index contributed by atoms with van der Waals surface area (Å²) in [7, 11) is 12.5. The van der Waals surface area contributed by atoms with Gasteiger partial charge in [-0.25, -0.2) is 24.6 Å². The van der Waals surface area contributed by atoms with Crippen molar-refractivity contribution in [2.75, 3.05) is 78.3 Å². The van der Waals surface area contributed by atoms with E-state index in [9.17, 15) is 57.5 Å². The highest BCUT2D eigenvalue weighted by molar-refractivity contribution is 6.06. The Balaban J connectivity index is 0.677. The van der Waals surface area contributed by atoms with Gasteiger partial charge in [0.1, 0.15) is 17.1 Å². The lowest BCUT2D eigenvalue weighted by Gasteiger charge is -2.29. The van der Waals surface area contributed by atoms with Gasteiger partial charge in [0.05, 0.1) is 47.4 Å². The van der Waals surface area contributed by atoms with Crippen LogP contribution in [-0.4, -0.2) is 190 Å². The molecule has 0 spiro atoms. The third kappa shape index (κ3) is 21.2. The van der Waals surface area contributed by atoms with Crippen molar-refractivity contribution in [1.29, 1.82) is 0 Å². The van der Waals surface area contributed by atoms with Gasteiger partial charge in [-0.3, -0.25) is 57.5 Å². The first-order chi connectivity index (χ1) is 49.2.